The summed E-state index contributed by atoms with van der Waals surface area (Å²) in [6, 6.07) is 71.2. The van der Waals surface area contributed by atoms with Crippen molar-refractivity contribution in [2.45, 2.75) is 13.8 Å². The zero-order valence-electron chi connectivity index (χ0n) is 39.7. The van der Waals surface area contributed by atoms with Crippen LogP contribution in [0.25, 0.3) is 98.8 Å². The van der Waals surface area contributed by atoms with Gasteiger partial charge in [0.25, 0.3) is 0 Å². The van der Waals surface area contributed by atoms with Crippen molar-refractivity contribution in [3.63, 3.8) is 0 Å². The van der Waals surface area contributed by atoms with Crippen molar-refractivity contribution in [2.24, 2.45) is 0 Å². The molecule has 348 valence electrons. The Balaban J connectivity index is 1.10. The molecule has 3 heterocycles. The molecule has 0 saturated carbocycles. The van der Waals surface area contributed by atoms with Gasteiger partial charge in [0, 0.05) is 60.2 Å². The lowest BCUT2D eigenvalue weighted by molar-refractivity contribution is 0.627. The third kappa shape index (κ3) is 6.59. The maximum atomic E-state index is 15.2. The number of aryl methyl sites for hydroxylation is 2. The molecule has 0 aliphatic carbocycles. The number of benzene rings is 11. The molecule has 0 fully saturated rings. The van der Waals surface area contributed by atoms with Gasteiger partial charge in [-0.15, -0.1) is 0 Å². The predicted octanol–water partition coefficient (Wildman–Crippen LogP) is 19.7. The third-order valence-corrected chi connectivity index (χ3v) is 14.5. The van der Waals surface area contributed by atoms with Crippen LogP contribution in [-0.2, 0) is 0 Å². The van der Waals surface area contributed by atoms with E-state index in [9.17, 15) is 0 Å². The molecule has 14 rings (SSSR count). The van der Waals surface area contributed by atoms with Gasteiger partial charge >= 0.3 is 0 Å². The first kappa shape index (κ1) is 42.4. The van der Waals surface area contributed by atoms with Gasteiger partial charge in [0.05, 0.1) is 28.1 Å². The molecule has 3 aromatic heterocycles. The van der Waals surface area contributed by atoms with E-state index >= 15 is 8.78 Å². The van der Waals surface area contributed by atoms with Crippen LogP contribution < -0.4 is 9.80 Å². The summed E-state index contributed by atoms with van der Waals surface area (Å²) in [5, 5.41) is 7.23. The van der Waals surface area contributed by atoms with Crippen molar-refractivity contribution in [2.75, 3.05) is 9.80 Å². The van der Waals surface area contributed by atoms with Crippen molar-refractivity contribution < 1.29 is 22.0 Å². The van der Waals surface area contributed by atoms with Crippen LogP contribution in [0.15, 0.2) is 232 Å². The normalized spacial score (nSPS) is 11.8. The van der Waals surface area contributed by atoms with Gasteiger partial charge in [-0.05, 0) is 103 Å². The van der Waals surface area contributed by atoms with E-state index in [0.29, 0.717) is 33.7 Å². The summed E-state index contributed by atoms with van der Waals surface area (Å²) in [5.41, 5.74) is 15.0. The van der Waals surface area contributed by atoms with Gasteiger partial charge < -0.3 is 23.1 Å². The highest BCUT2D eigenvalue weighted by Crippen LogP contribution is 2.56. The van der Waals surface area contributed by atoms with Crippen molar-refractivity contribution in [3.05, 3.63) is 241 Å². The van der Waals surface area contributed by atoms with Crippen LogP contribution in [0, 0.1) is 25.5 Å². The Labute approximate surface area is 418 Å². The molecule has 0 bridgehead atoms. The summed E-state index contributed by atoms with van der Waals surface area (Å²) in [6.45, 7) is 4.23. The van der Waals surface area contributed by atoms with Gasteiger partial charge in [-0.25, -0.2) is 8.78 Å². The molecule has 11 aromatic carbocycles. The minimum atomic E-state index is -0.358. The number of para-hydroxylation sites is 5. The van der Waals surface area contributed by atoms with Gasteiger partial charge in [-0.1, -0.05) is 152 Å². The first-order valence-electron chi connectivity index (χ1n) is 24.4. The van der Waals surface area contributed by atoms with Crippen molar-refractivity contribution >= 4 is 111 Å². The van der Waals surface area contributed by atoms with Crippen LogP contribution in [0.4, 0.5) is 42.9 Å². The Bertz CT molecular complexity index is 4510. The number of fused-ring (bicyclic) bond motifs is 10. The summed E-state index contributed by atoms with van der Waals surface area (Å²) < 4.78 is 51.9. The third-order valence-electron chi connectivity index (χ3n) is 14.5. The quantitative estimate of drug-likeness (QED) is 0.142. The molecule has 14 aromatic rings. The first-order valence-corrected chi connectivity index (χ1v) is 24.4. The van der Waals surface area contributed by atoms with Gasteiger partial charge in [0.15, 0.2) is 16.7 Å². The Morgan fingerprint density at radius 3 is 1.19 bits per heavy atom. The first-order chi connectivity index (χ1) is 35.9. The summed E-state index contributed by atoms with van der Waals surface area (Å²) in [7, 11) is 0. The smallest absolute Gasteiger partial charge is 0.162 e. The van der Waals surface area contributed by atoms with E-state index < -0.39 is 0 Å². The lowest BCUT2D eigenvalue weighted by Gasteiger charge is -2.31. The number of hydrogen-bond acceptors (Lipinski definition) is 5. The fraction of sp³-hybridized carbons (Fsp3) is 0.0303. The zero-order chi connectivity index (χ0) is 48.9. The molecule has 0 N–H and O–H groups in total. The molecule has 0 radical (unpaired) electrons. The topological polar surface area (TPSA) is 45.9 Å². The highest BCUT2D eigenvalue weighted by Gasteiger charge is 2.32. The fourth-order valence-corrected chi connectivity index (χ4v) is 11.1. The number of halogens is 2. The number of anilines is 6. The second-order valence-electron chi connectivity index (χ2n) is 18.7. The van der Waals surface area contributed by atoms with Crippen molar-refractivity contribution in [1.82, 2.24) is 0 Å². The van der Waals surface area contributed by atoms with Crippen LogP contribution in [0.1, 0.15) is 11.1 Å². The van der Waals surface area contributed by atoms with Crippen molar-refractivity contribution in [3.8, 4) is 22.3 Å². The van der Waals surface area contributed by atoms with Crippen LogP contribution >= 0.6 is 0 Å². The Hall–Kier alpha value is -9.46. The Morgan fingerprint density at radius 1 is 0.301 bits per heavy atom. The maximum Gasteiger partial charge on any atom is 0.162 e. The predicted molar refractivity (Wildman–Crippen MR) is 295 cm³/mol. The van der Waals surface area contributed by atoms with Gasteiger partial charge in [-0.3, -0.25) is 0 Å². The lowest BCUT2D eigenvalue weighted by Crippen LogP contribution is -2.14. The van der Waals surface area contributed by atoms with Crippen LogP contribution in [0.2, 0.25) is 0 Å². The number of furan rings is 3. The molecule has 0 amide bonds. The standard InChI is InChI=1S/C66H42F2N2O3/c1-39-15-3-5-17-45(39)49-22-11-24-51-53-26-13-28-56(64(53)72-62(49)51)69(43-35-31-41(67)32-36-43)60-47-19-7-8-20-48(47)61(66-59(60)55-21-9-10-30-58(55)71-66)70(44-37-33-42(68)34-38-44)57-29-14-27-54-52-25-12-23-50(63(52)73-65(54)57)46-18-6-4-16-40(46)2/h3-38H,1-2H3. The van der Waals surface area contributed by atoms with E-state index in [0.717, 1.165) is 110 Å². The average Bonchev–Trinajstić information content (AvgIpc) is 4.15. The molecular weight excluding hydrogens is 907 g/mol. The molecule has 0 aliphatic rings. The molecule has 5 nitrogen and oxygen atoms in total. The second kappa shape index (κ2) is 16.6. The second-order valence-corrected chi connectivity index (χ2v) is 18.7. The van der Waals surface area contributed by atoms with E-state index in [4.69, 9.17) is 13.3 Å². The zero-order valence-corrected chi connectivity index (χ0v) is 39.7. The summed E-state index contributed by atoms with van der Waals surface area (Å²) in [4.78, 5) is 4.33. The van der Waals surface area contributed by atoms with Gasteiger partial charge in [-0.2, -0.15) is 0 Å². The SMILES string of the molecule is Cc1ccccc1-c1cccc2c1oc1c(N(c3ccc(F)cc3)c3c4ccccc4c(N(c4ccc(F)cc4)c4cccc5c4oc4c(-c6ccccc6C)cccc45)c4c3oc3ccccc34)cccc12. The molecule has 0 atom stereocenters. The van der Waals surface area contributed by atoms with Gasteiger partial charge in [0.1, 0.15) is 28.4 Å². The lowest BCUT2D eigenvalue weighted by atomic mass is 9.97. The summed E-state index contributed by atoms with van der Waals surface area (Å²) in [5.74, 6) is -0.711. The molecule has 0 saturated heterocycles. The van der Waals surface area contributed by atoms with Crippen LogP contribution in [0.5, 0.6) is 0 Å². The summed E-state index contributed by atoms with van der Waals surface area (Å²) in [6.07, 6.45) is 0. The highest BCUT2D eigenvalue weighted by atomic mass is 19.1. The molecular formula is C66H42F2N2O3. The number of nitrogens with zero attached hydrogens (tertiary/aromatic N) is 2. The average molecular weight is 949 g/mol. The van der Waals surface area contributed by atoms with Gasteiger partial charge in [0.2, 0.25) is 0 Å². The highest BCUT2D eigenvalue weighted by molar-refractivity contribution is 6.29. The molecule has 0 spiro atoms. The minimum absolute atomic E-state index is 0.353. The number of hydrogen-bond donors (Lipinski definition) is 0. The number of rotatable bonds is 8. The van der Waals surface area contributed by atoms with E-state index in [1.807, 2.05) is 60.7 Å². The molecule has 0 unspecified atom stereocenters. The van der Waals surface area contributed by atoms with E-state index in [1.165, 1.54) is 24.3 Å². The largest absolute Gasteiger partial charge is 0.454 e. The van der Waals surface area contributed by atoms with Crippen LogP contribution in [-0.4, -0.2) is 0 Å². The van der Waals surface area contributed by atoms with E-state index in [2.05, 4.69) is 145 Å². The maximum absolute atomic E-state index is 15.2. The Morgan fingerprint density at radius 2 is 0.685 bits per heavy atom. The molecule has 0 aliphatic heterocycles. The minimum Gasteiger partial charge on any atom is -0.454 e. The molecule has 73 heavy (non-hydrogen) atoms. The summed E-state index contributed by atoms with van der Waals surface area (Å²) >= 11 is 0. The monoisotopic (exact) mass is 948 g/mol. The molecule has 7 heteroatoms. The Kier molecular flexibility index (Phi) is 9.63. The van der Waals surface area contributed by atoms with Crippen LogP contribution in [0.3, 0.4) is 0 Å². The van der Waals surface area contributed by atoms with E-state index in [1.54, 1.807) is 12.1 Å². The van der Waals surface area contributed by atoms with E-state index in [-0.39, 0.29) is 11.6 Å². The fourth-order valence-electron chi connectivity index (χ4n) is 11.1. The van der Waals surface area contributed by atoms with Crippen molar-refractivity contribution in [1.29, 1.82) is 0 Å².